The second-order valence-electron chi connectivity index (χ2n) is 12.5. The van der Waals surface area contributed by atoms with Gasteiger partial charge in [0.15, 0.2) is 9.84 Å². The number of carboxylic acid groups (broad SMARTS) is 1. The Bertz CT molecular complexity index is 1600. The van der Waals surface area contributed by atoms with E-state index in [4.69, 9.17) is 0 Å². The van der Waals surface area contributed by atoms with Gasteiger partial charge >= 0.3 is 24.0 Å². The first-order valence-corrected chi connectivity index (χ1v) is 15.6. The summed E-state index contributed by atoms with van der Waals surface area (Å²) in [7, 11) is -4.68. The number of sulfone groups is 1. The van der Waals surface area contributed by atoms with Gasteiger partial charge in [-0.1, -0.05) is 30.3 Å². The predicted octanol–water partition coefficient (Wildman–Crippen LogP) is 6.75. The first-order valence-electron chi connectivity index (χ1n) is 14.1. The standard InChI is InChI=1S/C30H29F8NO5S/c1-18-2-7-21(16-22(18)31)45(43,44)27(19-3-5-20(6-4-19)28(32,29(33,34)35)30(36,37)38)14-15-39(17-27)23(40)25-8-11-26(12-9-25,13-10-25)24(41)42/h2-7,16H,8-15,17H2,1H3,(H,41,42). The van der Waals surface area contributed by atoms with Crippen LogP contribution in [0.1, 0.15) is 61.6 Å². The van der Waals surface area contributed by atoms with Gasteiger partial charge in [-0.25, -0.2) is 17.2 Å². The van der Waals surface area contributed by atoms with Crippen LogP contribution in [0.25, 0.3) is 0 Å². The zero-order valence-corrected chi connectivity index (χ0v) is 24.7. The molecular weight excluding hydrogens is 638 g/mol. The van der Waals surface area contributed by atoms with Crippen LogP contribution in [-0.4, -0.2) is 55.7 Å². The number of rotatable bonds is 6. The highest BCUT2D eigenvalue weighted by Crippen LogP contribution is 2.59. The molecule has 1 heterocycles. The molecule has 2 aromatic carbocycles. The number of fused-ring (bicyclic) bond motifs is 3. The summed E-state index contributed by atoms with van der Waals surface area (Å²) in [6, 6.07) is 4.83. The molecule has 3 saturated carbocycles. The van der Waals surface area contributed by atoms with E-state index in [0.29, 0.717) is 12.1 Å². The fraction of sp³-hybridized carbons (Fsp3) is 0.533. The molecule has 0 aromatic heterocycles. The molecule has 0 spiro atoms. The van der Waals surface area contributed by atoms with E-state index in [9.17, 15) is 58.2 Å². The van der Waals surface area contributed by atoms with Gasteiger partial charge in [0.1, 0.15) is 10.6 Å². The predicted molar refractivity (Wildman–Crippen MR) is 143 cm³/mol. The maximum Gasteiger partial charge on any atom is 0.435 e. The molecule has 15 heteroatoms. The van der Waals surface area contributed by atoms with Crippen LogP contribution >= 0.6 is 0 Å². The number of likely N-dealkylation sites (tertiary alicyclic amines) is 1. The Morgan fingerprint density at radius 1 is 0.800 bits per heavy atom. The average molecular weight is 668 g/mol. The second-order valence-corrected chi connectivity index (χ2v) is 14.7. The van der Waals surface area contributed by atoms with Crippen molar-refractivity contribution in [3.8, 4) is 0 Å². The van der Waals surface area contributed by atoms with Gasteiger partial charge in [0, 0.05) is 24.1 Å². The Labute approximate surface area is 253 Å². The van der Waals surface area contributed by atoms with Crippen LogP contribution in [0.4, 0.5) is 35.1 Å². The number of carbonyl (C=O) groups excluding carboxylic acids is 1. The van der Waals surface area contributed by atoms with E-state index in [0.717, 1.165) is 12.1 Å². The Morgan fingerprint density at radius 3 is 1.78 bits per heavy atom. The minimum absolute atomic E-state index is 0.111. The van der Waals surface area contributed by atoms with E-state index < -0.39 is 78.1 Å². The molecule has 0 radical (unpaired) electrons. The number of aryl methyl sites for hydroxylation is 1. The van der Waals surface area contributed by atoms with Gasteiger partial charge in [-0.3, -0.25) is 9.59 Å². The van der Waals surface area contributed by atoms with Crippen LogP contribution in [0.5, 0.6) is 0 Å². The minimum Gasteiger partial charge on any atom is -0.481 e. The maximum atomic E-state index is 14.8. The third kappa shape index (κ3) is 4.82. The van der Waals surface area contributed by atoms with Gasteiger partial charge in [0.2, 0.25) is 5.91 Å². The Morgan fingerprint density at radius 2 is 1.31 bits per heavy atom. The highest BCUT2D eigenvalue weighted by Gasteiger charge is 2.73. The summed E-state index contributed by atoms with van der Waals surface area (Å²) in [4.78, 5) is 26.6. The van der Waals surface area contributed by atoms with Crippen molar-refractivity contribution in [2.24, 2.45) is 10.8 Å². The topological polar surface area (TPSA) is 91.8 Å². The highest BCUT2D eigenvalue weighted by molar-refractivity contribution is 7.92. The van der Waals surface area contributed by atoms with Crippen molar-refractivity contribution in [1.82, 2.24) is 4.90 Å². The number of halogens is 8. The van der Waals surface area contributed by atoms with Gasteiger partial charge in [-0.15, -0.1) is 0 Å². The normalized spacial score (nSPS) is 27.5. The molecule has 1 N–H and O–H groups in total. The van der Waals surface area contributed by atoms with Crippen molar-refractivity contribution in [1.29, 1.82) is 0 Å². The third-order valence-corrected chi connectivity index (χ3v) is 12.7. The fourth-order valence-electron chi connectivity index (χ4n) is 7.19. The molecule has 246 valence electrons. The van der Waals surface area contributed by atoms with Crippen LogP contribution in [0, 0.1) is 23.6 Å². The molecule has 6 rings (SSSR count). The monoisotopic (exact) mass is 667 g/mol. The molecular formula is C30H29F8NO5S. The van der Waals surface area contributed by atoms with Crippen LogP contribution in [0.2, 0.25) is 0 Å². The van der Waals surface area contributed by atoms with Gasteiger partial charge in [0.25, 0.3) is 0 Å². The van der Waals surface area contributed by atoms with E-state index in [1.807, 2.05) is 0 Å². The maximum absolute atomic E-state index is 14.8. The lowest BCUT2D eigenvalue weighted by atomic mass is 9.53. The van der Waals surface area contributed by atoms with Crippen molar-refractivity contribution in [3.63, 3.8) is 0 Å². The van der Waals surface area contributed by atoms with Crippen molar-refractivity contribution in [3.05, 3.63) is 65.0 Å². The first kappa shape index (κ1) is 33.1. The summed E-state index contributed by atoms with van der Waals surface area (Å²) in [6.45, 7) is 0.652. The van der Waals surface area contributed by atoms with Crippen molar-refractivity contribution >= 4 is 21.7 Å². The summed E-state index contributed by atoms with van der Waals surface area (Å²) in [5, 5.41) is 9.70. The van der Waals surface area contributed by atoms with Gasteiger partial charge in [-0.2, -0.15) is 26.3 Å². The van der Waals surface area contributed by atoms with E-state index in [-0.39, 0.29) is 74.8 Å². The van der Waals surface area contributed by atoms with Crippen LogP contribution in [-0.2, 0) is 29.8 Å². The number of benzene rings is 2. The largest absolute Gasteiger partial charge is 0.481 e. The number of nitrogens with zero attached hydrogens (tertiary/aromatic N) is 1. The van der Waals surface area contributed by atoms with Crippen molar-refractivity contribution in [2.75, 3.05) is 13.1 Å². The molecule has 4 fully saturated rings. The number of alkyl halides is 7. The van der Waals surface area contributed by atoms with E-state index in [2.05, 4.69) is 0 Å². The number of hydrogen-bond acceptors (Lipinski definition) is 4. The van der Waals surface area contributed by atoms with E-state index >= 15 is 0 Å². The minimum atomic E-state index is -6.38. The molecule has 6 nitrogen and oxygen atoms in total. The zero-order chi connectivity index (χ0) is 33.4. The van der Waals surface area contributed by atoms with Crippen LogP contribution < -0.4 is 0 Å². The first-order chi connectivity index (χ1) is 20.7. The summed E-state index contributed by atoms with van der Waals surface area (Å²) < 4.78 is 136. The smallest absolute Gasteiger partial charge is 0.435 e. The molecule has 1 atom stereocenters. The fourth-order valence-corrected chi connectivity index (χ4v) is 9.28. The molecule has 2 aromatic rings. The average Bonchev–Trinajstić information content (AvgIpc) is 3.45. The number of carbonyl (C=O) groups is 2. The molecule has 1 unspecified atom stereocenters. The van der Waals surface area contributed by atoms with Crippen LogP contribution in [0.15, 0.2) is 47.4 Å². The quantitative estimate of drug-likeness (QED) is 0.345. The van der Waals surface area contributed by atoms with E-state index in [1.54, 1.807) is 0 Å². The Hall–Kier alpha value is -3.23. The lowest BCUT2D eigenvalue weighted by molar-refractivity contribution is -0.348. The van der Waals surface area contributed by atoms with Gasteiger partial charge in [-0.05, 0) is 75.1 Å². The zero-order valence-electron chi connectivity index (χ0n) is 23.9. The molecule has 4 aliphatic rings. The lowest BCUT2D eigenvalue weighted by Gasteiger charge is -2.51. The number of amides is 1. The third-order valence-electron chi connectivity index (χ3n) is 10.2. The molecule has 1 amide bonds. The lowest BCUT2D eigenvalue weighted by Crippen LogP contribution is -2.53. The summed E-state index contributed by atoms with van der Waals surface area (Å²) >= 11 is 0. The highest BCUT2D eigenvalue weighted by atomic mass is 32.2. The van der Waals surface area contributed by atoms with Crippen molar-refractivity contribution < 1.29 is 58.2 Å². The number of aliphatic carboxylic acids is 1. The second kappa shape index (κ2) is 10.4. The van der Waals surface area contributed by atoms with Gasteiger partial charge < -0.3 is 10.0 Å². The molecule has 2 bridgehead atoms. The summed E-state index contributed by atoms with van der Waals surface area (Å²) in [5.74, 6) is -2.26. The number of hydrogen-bond donors (Lipinski definition) is 1. The summed E-state index contributed by atoms with van der Waals surface area (Å²) in [5.41, 5.74) is -9.63. The SMILES string of the molecule is Cc1ccc(S(=O)(=O)C2(c3ccc(C(F)(C(F)(F)F)C(F)(F)F)cc3)CCN(C(=O)C34CCC(C(=O)O)(CC3)CC4)C2)cc1F. The molecule has 45 heavy (non-hydrogen) atoms. The molecule has 3 aliphatic carbocycles. The summed E-state index contributed by atoms with van der Waals surface area (Å²) in [6.07, 6.45) is -11.6. The molecule has 1 aliphatic heterocycles. The Kier molecular flexibility index (Phi) is 7.65. The van der Waals surface area contributed by atoms with Crippen LogP contribution in [0.3, 0.4) is 0 Å². The number of carboxylic acids is 1. The Balaban J connectivity index is 1.57. The van der Waals surface area contributed by atoms with Gasteiger partial charge in [0.05, 0.1) is 10.3 Å². The van der Waals surface area contributed by atoms with Crippen molar-refractivity contribution in [2.45, 2.75) is 79.5 Å². The molecule has 1 saturated heterocycles. The van der Waals surface area contributed by atoms with E-state index in [1.165, 1.54) is 17.9 Å².